The Morgan fingerprint density at radius 1 is 1.03 bits per heavy atom. The molecular formula is C23H23N9O. The van der Waals surface area contributed by atoms with Crippen LogP contribution in [0.15, 0.2) is 41.4 Å². The third kappa shape index (κ3) is 4.14. The van der Waals surface area contributed by atoms with E-state index in [9.17, 15) is 0 Å². The summed E-state index contributed by atoms with van der Waals surface area (Å²) in [6, 6.07) is 11.7. The van der Waals surface area contributed by atoms with Crippen molar-refractivity contribution >= 4 is 22.8 Å². The molecule has 10 nitrogen and oxygen atoms in total. The van der Waals surface area contributed by atoms with Crippen LogP contribution in [0.5, 0.6) is 5.75 Å². The van der Waals surface area contributed by atoms with Gasteiger partial charge in [0.15, 0.2) is 5.75 Å². The van der Waals surface area contributed by atoms with Crippen molar-refractivity contribution in [2.24, 2.45) is 12.0 Å². The Labute approximate surface area is 190 Å². The minimum absolute atomic E-state index is 0.491. The molecule has 0 saturated heterocycles. The first-order chi connectivity index (χ1) is 16.0. The average molecular weight is 441 g/mol. The van der Waals surface area contributed by atoms with Gasteiger partial charge in [-0.3, -0.25) is 9.98 Å². The van der Waals surface area contributed by atoms with E-state index in [-0.39, 0.29) is 0 Å². The predicted molar refractivity (Wildman–Crippen MR) is 124 cm³/mol. The summed E-state index contributed by atoms with van der Waals surface area (Å²) in [5.74, 6) is 1.12. The summed E-state index contributed by atoms with van der Waals surface area (Å²) in [6.07, 6.45) is 1.30. The molecule has 0 unspecified atom stereocenters. The topological polar surface area (TPSA) is 116 Å². The molecule has 0 radical (unpaired) electrons. The van der Waals surface area contributed by atoms with Crippen LogP contribution in [0.2, 0.25) is 0 Å². The number of tetrazole rings is 1. The van der Waals surface area contributed by atoms with E-state index in [1.165, 1.54) is 4.80 Å². The van der Waals surface area contributed by atoms with Crippen LogP contribution >= 0.6 is 0 Å². The fourth-order valence-corrected chi connectivity index (χ4v) is 3.83. The van der Waals surface area contributed by atoms with Crippen molar-refractivity contribution in [2.75, 3.05) is 12.4 Å². The Hall–Kier alpha value is -4.21. The van der Waals surface area contributed by atoms with Gasteiger partial charge in [0.2, 0.25) is 5.82 Å². The van der Waals surface area contributed by atoms with E-state index >= 15 is 0 Å². The van der Waals surface area contributed by atoms with Crippen LogP contribution < -0.4 is 10.1 Å². The fourth-order valence-electron chi connectivity index (χ4n) is 3.83. The standard InChI is InChI=1S/C23H23N9O/c1-13-8-9-15(28-27-13)11-16-12-20(21-19(25-16)10-14(2)24-21)26-18-7-5-6-17(22(18)33-4)23-29-31-32(3)30-23/h5-9,12H,10-11H2,1-4H3,(H,25,26). The number of nitrogens with zero attached hydrogens (tertiary/aromatic N) is 8. The Morgan fingerprint density at radius 2 is 1.91 bits per heavy atom. The summed E-state index contributed by atoms with van der Waals surface area (Å²) in [5, 5.41) is 24.3. The molecule has 1 N–H and O–H groups in total. The number of aliphatic imine (C=N–C) groups is 1. The molecule has 0 fully saturated rings. The van der Waals surface area contributed by atoms with Crippen molar-refractivity contribution in [3.63, 3.8) is 0 Å². The third-order valence-corrected chi connectivity index (χ3v) is 5.30. The summed E-state index contributed by atoms with van der Waals surface area (Å²) >= 11 is 0. The maximum absolute atomic E-state index is 5.74. The highest BCUT2D eigenvalue weighted by Gasteiger charge is 2.21. The molecule has 0 spiro atoms. The van der Waals surface area contributed by atoms with E-state index in [2.05, 4.69) is 30.9 Å². The van der Waals surface area contributed by atoms with Gasteiger partial charge in [0, 0.05) is 24.2 Å². The molecule has 0 saturated carbocycles. The first kappa shape index (κ1) is 20.7. The smallest absolute Gasteiger partial charge is 0.208 e. The van der Waals surface area contributed by atoms with Gasteiger partial charge in [-0.25, -0.2) is 0 Å². The number of benzene rings is 1. The first-order valence-corrected chi connectivity index (χ1v) is 10.5. The normalized spacial score (nSPS) is 12.4. The number of fused-ring (bicyclic) bond motifs is 1. The van der Waals surface area contributed by atoms with Gasteiger partial charge in [-0.15, -0.1) is 10.2 Å². The molecule has 4 heterocycles. The zero-order valence-electron chi connectivity index (χ0n) is 18.9. The highest BCUT2D eigenvalue weighted by atomic mass is 16.5. The predicted octanol–water partition coefficient (Wildman–Crippen LogP) is 3.36. The number of aromatic nitrogens is 7. The van der Waals surface area contributed by atoms with Crippen LogP contribution in [-0.2, 0) is 19.9 Å². The largest absolute Gasteiger partial charge is 0.494 e. The second kappa shape index (κ2) is 8.38. The molecule has 1 aliphatic heterocycles. The number of ether oxygens (including phenoxy) is 1. The van der Waals surface area contributed by atoms with E-state index in [0.717, 1.165) is 57.5 Å². The zero-order chi connectivity index (χ0) is 22.9. The molecule has 0 amide bonds. The zero-order valence-corrected chi connectivity index (χ0v) is 18.9. The minimum atomic E-state index is 0.491. The van der Waals surface area contributed by atoms with E-state index in [0.29, 0.717) is 18.0 Å². The van der Waals surface area contributed by atoms with E-state index in [1.54, 1.807) is 14.2 Å². The van der Waals surface area contributed by atoms with Gasteiger partial charge in [-0.05, 0) is 49.4 Å². The van der Waals surface area contributed by atoms with Gasteiger partial charge in [0.05, 0.1) is 48.2 Å². The fraction of sp³-hybridized carbons (Fsp3) is 0.261. The summed E-state index contributed by atoms with van der Waals surface area (Å²) in [6.45, 7) is 3.93. The van der Waals surface area contributed by atoms with Crippen molar-refractivity contribution in [1.82, 2.24) is 35.4 Å². The van der Waals surface area contributed by atoms with Crippen LogP contribution in [0.25, 0.3) is 11.4 Å². The number of aryl methyl sites for hydroxylation is 2. The Kier molecular flexibility index (Phi) is 5.25. The van der Waals surface area contributed by atoms with Gasteiger partial charge in [0.1, 0.15) is 5.69 Å². The average Bonchev–Trinajstić information content (AvgIpc) is 3.40. The number of pyridine rings is 1. The third-order valence-electron chi connectivity index (χ3n) is 5.30. The van der Waals surface area contributed by atoms with E-state index in [4.69, 9.17) is 14.7 Å². The quantitative estimate of drug-likeness (QED) is 0.484. The SMILES string of the molecule is COc1c(Nc2cc(Cc3ccc(C)nn3)nc3c2N=C(C)C3)cccc1-c1nnn(C)n1. The van der Waals surface area contributed by atoms with Crippen molar-refractivity contribution < 1.29 is 4.74 Å². The number of hydrogen-bond donors (Lipinski definition) is 1. The summed E-state index contributed by atoms with van der Waals surface area (Å²) in [4.78, 5) is 11.0. The van der Waals surface area contributed by atoms with Crippen molar-refractivity contribution in [3.8, 4) is 17.1 Å². The van der Waals surface area contributed by atoms with Crippen LogP contribution in [0.3, 0.4) is 0 Å². The lowest BCUT2D eigenvalue weighted by molar-refractivity contribution is 0.418. The molecule has 33 heavy (non-hydrogen) atoms. The van der Waals surface area contributed by atoms with Crippen molar-refractivity contribution in [3.05, 3.63) is 59.2 Å². The molecule has 1 aliphatic rings. The van der Waals surface area contributed by atoms with Gasteiger partial charge in [-0.1, -0.05) is 6.07 Å². The molecule has 1 aromatic carbocycles. The Bertz CT molecular complexity index is 1360. The molecule has 0 bridgehead atoms. The second-order valence-corrected chi connectivity index (χ2v) is 7.94. The van der Waals surface area contributed by atoms with Gasteiger partial charge in [0.25, 0.3) is 0 Å². The number of nitrogens with one attached hydrogen (secondary N) is 1. The molecule has 5 rings (SSSR count). The molecule has 166 valence electrons. The van der Waals surface area contributed by atoms with Crippen LogP contribution in [0.1, 0.15) is 29.7 Å². The van der Waals surface area contributed by atoms with E-state index < -0.39 is 0 Å². The van der Waals surface area contributed by atoms with Crippen molar-refractivity contribution in [1.29, 1.82) is 0 Å². The van der Waals surface area contributed by atoms with Crippen LogP contribution in [0, 0.1) is 6.92 Å². The monoisotopic (exact) mass is 441 g/mol. The number of hydrogen-bond acceptors (Lipinski definition) is 9. The molecular weight excluding hydrogens is 418 g/mol. The number of rotatable bonds is 6. The molecule has 3 aromatic heterocycles. The maximum atomic E-state index is 5.74. The number of anilines is 2. The lowest BCUT2D eigenvalue weighted by atomic mass is 10.1. The number of methoxy groups -OCH3 is 1. The molecule has 4 aromatic rings. The minimum Gasteiger partial charge on any atom is -0.494 e. The van der Waals surface area contributed by atoms with Gasteiger partial charge >= 0.3 is 0 Å². The van der Waals surface area contributed by atoms with Gasteiger partial charge < -0.3 is 10.1 Å². The number of para-hydroxylation sites is 1. The van der Waals surface area contributed by atoms with Crippen LogP contribution in [-0.4, -0.2) is 48.2 Å². The lowest BCUT2D eigenvalue weighted by Gasteiger charge is -2.16. The second-order valence-electron chi connectivity index (χ2n) is 7.94. The summed E-state index contributed by atoms with van der Waals surface area (Å²) in [5.41, 5.74) is 7.83. The summed E-state index contributed by atoms with van der Waals surface area (Å²) in [7, 11) is 3.35. The molecule has 0 atom stereocenters. The molecule has 0 aliphatic carbocycles. The highest BCUT2D eigenvalue weighted by molar-refractivity contribution is 5.95. The van der Waals surface area contributed by atoms with E-state index in [1.807, 2.05) is 50.2 Å². The summed E-state index contributed by atoms with van der Waals surface area (Å²) < 4.78 is 5.74. The van der Waals surface area contributed by atoms with Gasteiger partial charge in [-0.2, -0.15) is 15.0 Å². The lowest BCUT2D eigenvalue weighted by Crippen LogP contribution is -2.03. The maximum Gasteiger partial charge on any atom is 0.208 e. The Balaban J connectivity index is 1.54. The molecule has 10 heteroatoms. The highest BCUT2D eigenvalue weighted by Crippen LogP contribution is 2.41. The first-order valence-electron chi connectivity index (χ1n) is 10.5. The van der Waals surface area contributed by atoms with Crippen LogP contribution in [0.4, 0.5) is 17.1 Å². The van der Waals surface area contributed by atoms with Crippen molar-refractivity contribution in [2.45, 2.75) is 26.7 Å². The Morgan fingerprint density at radius 3 is 2.64 bits per heavy atom.